The summed E-state index contributed by atoms with van der Waals surface area (Å²) in [5.41, 5.74) is 3.17. The van der Waals surface area contributed by atoms with Gasteiger partial charge in [0.15, 0.2) is 0 Å². The maximum Gasteiger partial charge on any atom is 0.255 e. The molecule has 3 aromatic rings. The third kappa shape index (κ3) is 2.83. The highest BCUT2D eigenvalue weighted by Gasteiger charge is 2.21. The minimum atomic E-state index is -0.121. The maximum absolute atomic E-state index is 12.2. The second-order valence-electron chi connectivity index (χ2n) is 5.68. The van der Waals surface area contributed by atoms with E-state index in [1.165, 1.54) is 0 Å². The molecule has 2 N–H and O–H groups in total. The van der Waals surface area contributed by atoms with E-state index in [1.54, 1.807) is 12.1 Å². The molecule has 0 unspecified atom stereocenters. The van der Waals surface area contributed by atoms with E-state index in [9.17, 15) is 4.79 Å². The van der Waals surface area contributed by atoms with Crippen LogP contribution in [0.4, 0.5) is 5.69 Å². The van der Waals surface area contributed by atoms with Crippen molar-refractivity contribution in [3.05, 3.63) is 59.9 Å². The Kier molecular flexibility index (Phi) is 3.55. The van der Waals surface area contributed by atoms with E-state index in [2.05, 4.69) is 15.3 Å². The molecule has 1 saturated heterocycles. The highest BCUT2D eigenvalue weighted by atomic mass is 16.5. The molecule has 5 heteroatoms. The first-order valence-corrected chi connectivity index (χ1v) is 7.77. The van der Waals surface area contributed by atoms with Gasteiger partial charge < -0.3 is 15.0 Å². The maximum atomic E-state index is 12.2. The molecule has 1 amide bonds. The number of carbonyl (C=O) groups is 1. The van der Waals surface area contributed by atoms with E-state index >= 15 is 0 Å². The molecule has 5 nitrogen and oxygen atoms in total. The third-order valence-electron chi connectivity index (χ3n) is 4.03. The Morgan fingerprint density at radius 3 is 2.87 bits per heavy atom. The number of hydrogen-bond donors (Lipinski definition) is 2. The number of imidazole rings is 1. The number of nitrogens with zero attached hydrogens (tertiary/aromatic N) is 1. The average Bonchev–Trinajstić information content (AvgIpc) is 3.24. The number of rotatable bonds is 3. The second-order valence-corrected chi connectivity index (χ2v) is 5.68. The summed E-state index contributed by atoms with van der Waals surface area (Å²) in [6, 6.07) is 14.8. The van der Waals surface area contributed by atoms with Crippen LogP contribution in [0.3, 0.4) is 0 Å². The summed E-state index contributed by atoms with van der Waals surface area (Å²) in [6.07, 6.45) is 2.13. The number of amides is 1. The lowest BCUT2D eigenvalue weighted by Gasteiger charge is -2.05. The molecule has 0 bridgehead atoms. The highest BCUT2D eigenvalue weighted by Crippen LogP contribution is 2.28. The van der Waals surface area contributed by atoms with Gasteiger partial charge in [-0.15, -0.1) is 0 Å². The summed E-state index contributed by atoms with van der Waals surface area (Å²) in [7, 11) is 0. The lowest BCUT2D eigenvalue weighted by molar-refractivity contribution is 0.102. The normalized spacial score (nSPS) is 17.5. The number of ether oxygens (including phenoxy) is 1. The molecule has 0 spiro atoms. The second kappa shape index (κ2) is 5.85. The fourth-order valence-corrected chi connectivity index (χ4v) is 2.85. The summed E-state index contributed by atoms with van der Waals surface area (Å²) < 4.78 is 5.66. The lowest BCUT2D eigenvalue weighted by Crippen LogP contribution is -2.11. The Morgan fingerprint density at radius 2 is 2.09 bits per heavy atom. The number of carbonyl (C=O) groups excluding carboxylic acids is 1. The molecule has 0 saturated carbocycles. The molecule has 23 heavy (non-hydrogen) atoms. The first kappa shape index (κ1) is 14.0. The van der Waals surface area contributed by atoms with Crippen molar-refractivity contribution in [3.63, 3.8) is 0 Å². The molecule has 0 radical (unpaired) electrons. The molecule has 1 aliphatic rings. The zero-order valence-corrected chi connectivity index (χ0v) is 12.6. The van der Waals surface area contributed by atoms with Crippen molar-refractivity contribution in [2.45, 2.75) is 18.9 Å². The zero-order valence-electron chi connectivity index (χ0n) is 12.6. The van der Waals surface area contributed by atoms with Gasteiger partial charge in [-0.3, -0.25) is 4.79 Å². The predicted molar refractivity (Wildman–Crippen MR) is 88.4 cm³/mol. The first-order valence-electron chi connectivity index (χ1n) is 7.77. The van der Waals surface area contributed by atoms with Crippen LogP contribution in [0.5, 0.6) is 0 Å². The highest BCUT2D eigenvalue weighted by molar-refractivity contribution is 6.04. The smallest absolute Gasteiger partial charge is 0.255 e. The van der Waals surface area contributed by atoms with Crippen molar-refractivity contribution < 1.29 is 9.53 Å². The van der Waals surface area contributed by atoms with E-state index < -0.39 is 0 Å². The Morgan fingerprint density at radius 1 is 1.22 bits per heavy atom. The first-order chi connectivity index (χ1) is 11.3. The Labute approximate surface area is 133 Å². The van der Waals surface area contributed by atoms with Crippen LogP contribution in [0.2, 0.25) is 0 Å². The lowest BCUT2D eigenvalue weighted by atomic mass is 10.2. The standard InChI is InChI=1S/C18H17N3O2/c22-18(12-5-2-1-3-6-12)19-13-8-9-14-15(11-13)21-17(20-14)16-7-4-10-23-16/h1-3,5-6,8-9,11,16H,4,7,10H2,(H,19,22)(H,20,21)/t16-/m1/s1. The van der Waals surface area contributed by atoms with Gasteiger partial charge in [-0.25, -0.2) is 4.98 Å². The van der Waals surface area contributed by atoms with Crippen LogP contribution in [0, 0.1) is 0 Å². The van der Waals surface area contributed by atoms with Crippen LogP contribution in [0.15, 0.2) is 48.5 Å². The van der Waals surface area contributed by atoms with Gasteiger partial charge in [-0.1, -0.05) is 18.2 Å². The summed E-state index contributed by atoms with van der Waals surface area (Å²) in [4.78, 5) is 20.1. The van der Waals surface area contributed by atoms with Gasteiger partial charge in [0.25, 0.3) is 5.91 Å². The summed E-state index contributed by atoms with van der Waals surface area (Å²) in [5, 5.41) is 2.91. The van der Waals surface area contributed by atoms with Crippen molar-refractivity contribution in [1.29, 1.82) is 0 Å². The SMILES string of the molecule is O=C(Nc1ccc2nc([C@H]3CCCO3)[nH]c2c1)c1ccccc1. The van der Waals surface area contributed by atoms with Gasteiger partial charge >= 0.3 is 0 Å². The number of benzene rings is 2. The molecule has 1 fully saturated rings. The van der Waals surface area contributed by atoms with Gasteiger partial charge in [0.2, 0.25) is 0 Å². The van der Waals surface area contributed by atoms with Gasteiger partial charge in [0.05, 0.1) is 11.0 Å². The summed E-state index contributed by atoms with van der Waals surface area (Å²) >= 11 is 0. The van der Waals surface area contributed by atoms with Crippen LogP contribution < -0.4 is 5.32 Å². The van der Waals surface area contributed by atoms with Gasteiger partial charge in [-0.05, 0) is 43.2 Å². The Hall–Kier alpha value is -2.66. The van der Waals surface area contributed by atoms with Gasteiger partial charge in [0.1, 0.15) is 11.9 Å². The number of nitrogens with one attached hydrogen (secondary N) is 2. The number of fused-ring (bicyclic) bond motifs is 1. The minimum absolute atomic E-state index is 0.0600. The van der Waals surface area contributed by atoms with Crippen molar-refractivity contribution in [2.75, 3.05) is 11.9 Å². The number of aromatic nitrogens is 2. The minimum Gasteiger partial charge on any atom is -0.370 e. The molecule has 1 atom stereocenters. The number of hydrogen-bond acceptors (Lipinski definition) is 3. The predicted octanol–water partition coefficient (Wildman–Crippen LogP) is 3.67. The van der Waals surface area contributed by atoms with Crippen LogP contribution in [-0.4, -0.2) is 22.5 Å². The van der Waals surface area contributed by atoms with E-state index in [0.29, 0.717) is 5.56 Å². The van der Waals surface area contributed by atoms with Crippen LogP contribution in [0.25, 0.3) is 11.0 Å². The fourth-order valence-electron chi connectivity index (χ4n) is 2.85. The van der Waals surface area contributed by atoms with Crippen molar-refractivity contribution >= 4 is 22.6 Å². The van der Waals surface area contributed by atoms with E-state index in [0.717, 1.165) is 42.0 Å². The van der Waals surface area contributed by atoms with E-state index in [1.807, 2.05) is 36.4 Å². The summed E-state index contributed by atoms with van der Waals surface area (Å²) in [5.74, 6) is 0.743. The summed E-state index contributed by atoms with van der Waals surface area (Å²) in [6.45, 7) is 0.792. The number of anilines is 1. The van der Waals surface area contributed by atoms with Crippen LogP contribution in [0.1, 0.15) is 35.1 Å². The van der Waals surface area contributed by atoms with Crippen LogP contribution in [-0.2, 0) is 4.74 Å². The topological polar surface area (TPSA) is 67.0 Å². The Bertz CT molecular complexity index is 836. The molecule has 116 valence electrons. The van der Waals surface area contributed by atoms with Crippen molar-refractivity contribution in [2.24, 2.45) is 0 Å². The zero-order chi connectivity index (χ0) is 15.6. The molecule has 2 aromatic carbocycles. The Balaban J connectivity index is 1.57. The molecular formula is C18H17N3O2. The van der Waals surface area contributed by atoms with E-state index in [4.69, 9.17) is 4.74 Å². The van der Waals surface area contributed by atoms with Crippen molar-refractivity contribution in [1.82, 2.24) is 9.97 Å². The van der Waals surface area contributed by atoms with Crippen molar-refractivity contribution in [3.8, 4) is 0 Å². The molecule has 1 aliphatic heterocycles. The van der Waals surface area contributed by atoms with Crippen LogP contribution >= 0.6 is 0 Å². The van der Waals surface area contributed by atoms with E-state index in [-0.39, 0.29) is 12.0 Å². The monoisotopic (exact) mass is 307 g/mol. The average molecular weight is 307 g/mol. The van der Waals surface area contributed by atoms with Gasteiger partial charge in [0, 0.05) is 17.9 Å². The van der Waals surface area contributed by atoms with Gasteiger partial charge in [-0.2, -0.15) is 0 Å². The fraction of sp³-hybridized carbons (Fsp3) is 0.222. The largest absolute Gasteiger partial charge is 0.370 e. The molecule has 0 aliphatic carbocycles. The molecule has 2 heterocycles. The molecule has 1 aromatic heterocycles. The quantitative estimate of drug-likeness (QED) is 0.776. The number of H-pyrrole nitrogens is 1. The number of aromatic amines is 1. The molecular weight excluding hydrogens is 290 g/mol. The third-order valence-corrected chi connectivity index (χ3v) is 4.03. The molecule has 4 rings (SSSR count).